The lowest BCUT2D eigenvalue weighted by Crippen LogP contribution is -2.45. The summed E-state index contributed by atoms with van der Waals surface area (Å²) < 4.78 is 13.0. The summed E-state index contributed by atoms with van der Waals surface area (Å²) in [6, 6.07) is 10.8. The molecule has 2 nitrogen and oxygen atoms in total. The Morgan fingerprint density at radius 3 is 2.54 bits per heavy atom. The third-order valence-corrected chi connectivity index (χ3v) is 5.20. The fraction of sp³-hybridized carbons (Fsp3) is 0.381. The van der Waals surface area contributed by atoms with Crippen molar-refractivity contribution in [3.63, 3.8) is 0 Å². The second kappa shape index (κ2) is 6.04. The molecule has 0 aromatic heterocycles. The molecule has 0 aliphatic carbocycles. The quantitative estimate of drug-likeness (QED) is 0.656. The number of hydrogen-bond donors (Lipinski definition) is 0. The maximum absolute atomic E-state index is 13.0. The van der Waals surface area contributed by atoms with Gasteiger partial charge in [-0.15, -0.1) is 0 Å². The van der Waals surface area contributed by atoms with Crippen molar-refractivity contribution in [2.75, 3.05) is 11.9 Å². The van der Waals surface area contributed by atoms with Crippen molar-refractivity contribution in [2.24, 2.45) is 4.99 Å². The van der Waals surface area contributed by atoms with Gasteiger partial charge in [-0.05, 0) is 86.2 Å². The molecule has 0 saturated heterocycles. The molecule has 0 fully saturated rings. The Labute approximate surface area is 144 Å². The van der Waals surface area contributed by atoms with Crippen molar-refractivity contribution in [1.82, 2.24) is 0 Å². The molecule has 0 spiro atoms. The van der Waals surface area contributed by atoms with E-state index in [1.807, 2.05) is 6.21 Å². The molecule has 126 valence electrons. The van der Waals surface area contributed by atoms with E-state index < -0.39 is 0 Å². The molecule has 2 aromatic carbocycles. The summed E-state index contributed by atoms with van der Waals surface area (Å²) in [5, 5.41) is 0. The average Bonchev–Trinajstić information content (AvgIpc) is 2.52. The van der Waals surface area contributed by atoms with Crippen LogP contribution in [0.15, 0.2) is 41.4 Å². The highest BCUT2D eigenvalue weighted by Crippen LogP contribution is 2.43. The lowest BCUT2D eigenvalue weighted by Gasteiger charge is -2.45. The molecule has 0 N–H and O–H groups in total. The van der Waals surface area contributed by atoms with Crippen molar-refractivity contribution < 1.29 is 4.39 Å². The first kappa shape index (κ1) is 16.7. The van der Waals surface area contributed by atoms with E-state index in [-0.39, 0.29) is 11.4 Å². The van der Waals surface area contributed by atoms with E-state index >= 15 is 0 Å². The molecule has 2 aromatic rings. The highest BCUT2D eigenvalue weighted by atomic mass is 19.1. The Balaban J connectivity index is 1.97. The van der Waals surface area contributed by atoms with E-state index in [0.29, 0.717) is 5.92 Å². The predicted octanol–water partition coefficient (Wildman–Crippen LogP) is 5.61. The van der Waals surface area contributed by atoms with Crippen LogP contribution in [0.4, 0.5) is 15.8 Å². The van der Waals surface area contributed by atoms with Gasteiger partial charge in [0.1, 0.15) is 5.82 Å². The van der Waals surface area contributed by atoms with E-state index in [9.17, 15) is 4.39 Å². The van der Waals surface area contributed by atoms with Gasteiger partial charge in [0.25, 0.3) is 0 Å². The van der Waals surface area contributed by atoms with Crippen LogP contribution < -0.4 is 4.90 Å². The van der Waals surface area contributed by atoms with E-state index in [1.165, 1.54) is 28.9 Å². The van der Waals surface area contributed by atoms with Gasteiger partial charge in [0.05, 0.1) is 5.69 Å². The second-order valence-corrected chi connectivity index (χ2v) is 7.48. The topological polar surface area (TPSA) is 15.6 Å². The largest absolute Gasteiger partial charge is 0.369 e. The molecule has 1 atom stereocenters. The molecule has 1 aliphatic heterocycles. The molecular weight excluding hydrogens is 299 g/mol. The first-order chi connectivity index (χ1) is 11.3. The number of benzene rings is 2. The molecule has 3 rings (SSSR count). The van der Waals surface area contributed by atoms with Crippen molar-refractivity contribution >= 4 is 17.6 Å². The Morgan fingerprint density at radius 1 is 1.21 bits per heavy atom. The normalized spacial score (nSPS) is 19.6. The number of nitrogens with zero attached hydrogens (tertiary/aromatic N) is 2. The summed E-state index contributed by atoms with van der Waals surface area (Å²) in [5.74, 6) is 0.281. The first-order valence-corrected chi connectivity index (χ1v) is 8.46. The average molecular weight is 324 g/mol. The van der Waals surface area contributed by atoms with Gasteiger partial charge in [-0.3, -0.25) is 4.99 Å². The molecule has 0 radical (unpaired) electrons. The SMILES string of the molecule is Cc1cc2c(cc1C=Nc1ccc(F)cc1)C(C)CC(C)(C)N2C. The fourth-order valence-corrected chi connectivity index (χ4v) is 3.54. The lowest BCUT2D eigenvalue weighted by molar-refractivity contribution is 0.395. The van der Waals surface area contributed by atoms with Crippen LogP contribution in [-0.4, -0.2) is 18.8 Å². The highest BCUT2D eigenvalue weighted by molar-refractivity contribution is 5.85. The van der Waals surface area contributed by atoms with Gasteiger partial charge in [-0.1, -0.05) is 6.92 Å². The summed E-state index contributed by atoms with van der Waals surface area (Å²) in [5.41, 5.74) is 5.95. The number of aliphatic imine (C=N–C) groups is 1. The third-order valence-electron chi connectivity index (χ3n) is 5.20. The highest BCUT2D eigenvalue weighted by Gasteiger charge is 2.34. The molecule has 0 amide bonds. The van der Waals surface area contributed by atoms with Gasteiger partial charge in [0.15, 0.2) is 0 Å². The summed E-state index contributed by atoms with van der Waals surface area (Å²) in [6.07, 6.45) is 3.02. The number of halogens is 1. The monoisotopic (exact) mass is 324 g/mol. The van der Waals surface area contributed by atoms with Gasteiger partial charge < -0.3 is 4.90 Å². The summed E-state index contributed by atoms with van der Waals surface area (Å²) in [7, 11) is 2.18. The Bertz CT molecular complexity index is 775. The lowest BCUT2D eigenvalue weighted by atomic mass is 9.79. The number of aryl methyl sites for hydroxylation is 1. The van der Waals surface area contributed by atoms with E-state index in [2.05, 4.69) is 56.8 Å². The number of rotatable bonds is 2. The van der Waals surface area contributed by atoms with Crippen LogP contribution in [0.3, 0.4) is 0 Å². The minimum atomic E-state index is -0.238. The maximum atomic E-state index is 13.0. The van der Waals surface area contributed by atoms with Gasteiger partial charge >= 0.3 is 0 Å². The number of fused-ring (bicyclic) bond motifs is 1. The second-order valence-electron chi connectivity index (χ2n) is 7.48. The van der Waals surface area contributed by atoms with Gasteiger partial charge in [-0.2, -0.15) is 0 Å². The standard InChI is InChI=1S/C21H25FN2/c1-14-10-20-19(15(2)12-21(3,4)24(20)5)11-16(14)13-23-18-8-6-17(22)7-9-18/h6-11,13,15H,12H2,1-5H3. The van der Waals surface area contributed by atoms with Crippen LogP contribution >= 0.6 is 0 Å². The van der Waals surface area contributed by atoms with Crippen LogP contribution in [0.5, 0.6) is 0 Å². The molecule has 1 unspecified atom stereocenters. The molecule has 0 saturated carbocycles. The minimum Gasteiger partial charge on any atom is -0.369 e. The van der Waals surface area contributed by atoms with Gasteiger partial charge in [0.2, 0.25) is 0 Å². The molecule has 24 heavy (non-hydrogen) atoms. The third kappa shape index (κ3) is 3.08. The zero-order valence-electron chi connectivity index (χ0n) is 15.1. The van der Waals surface area contributed by atoms with Crippen LogP contribution in [0, 0.1) is 12.7 Å². The number of anilines is 1. The van der Waals surface area contributed by atoms with Gasteiger partial charge in [-0.25, -0.2) is 4.39 Å². The Hall–Kier alpha value is -2.16. The number of hydrogen-bond acceptors (Lipinski definition) is 2. The molecule has 1 aliphatic rings. The van der Waals surface area contributed by atoms with Crippen molar-refractivity contribution in [3.8, 4) is 0 Å². The Morgan fingerprint density at radius 2 is 1.88 bits per heavy atom. The smallest absolute Gasteiger partial charge is 0.123 e. The zero-order valence-corrected chi connectivity index (χ0v) is 15.1. The van der Waals surface area contributed by atoms with Crippen LogP contribution in [0.25, 0.3) is 0 Å². The van der Waals surface area contributed by atoms with Crippen LogP contribution in [0.1, 0.15) is 49.8 Å². The summed E-state index contributed by atoms with van der Waals surface area (Å²) in [6.45, 7) is 9.01. The first-order valence-electron chi connectivity index (χ1n) is 8.46. The van der Waals surface area contributed by atoms with Crippen LogP contribution in [0.2, 0.25) is 0 Å². The van der Waals surface area contributed by atoms with Crippen molar-refractivity contribution in [2.45, 2.75) is 45.6 Å². The maximum Gasteiger partial charge on any atom is 0.123 e. The molecule has 0 bridgehead atoms. The molecular formula is C21H25FN2. The summed E-state index contributed by atoms with van der Waals surface area (Å²) in [4.78, 5) is 6.88. The Kier molecular flexibility index (Phi) is 4.20. The van der Waals surface area contributed by atoms with Crippen LogP contribution in [-0.2, 0) is 0 Å². The van der Waals surface area contributed by atoms with Crippen molar-refractivity contribution in [3.05, 3.63) is 58.9 Å². The predicted molar refractivity (Wildman–Crippen MR) is 100 cm³/mol. The zero-order chi connectivity index (χ0) is 17.5. The fourth-order valence-electron chi connectivity index (χ4n) is 3.54. The van der Waals surface area contributed by atoms with E-state index in [1.54, 1.807) is 12.1 Å². The minimum absolute atomic E-state index is 0.169. The van der Waals surface area contributed by atoms with E-state index in [4.69, 9.17) is 0 Å². The van der Waals surface area contributed by atoms with Gasteiger partial charge in [0, 0.05) is 24.5 Å². The van der Waals surface area contributed by atoms with Crippen molar-refractivity contribution in [1.29, 1.82) is 0 Å². The molecule has 1 heterocycles. The van der Waals surface area contributed by atoms with E-state index in [0.717, 1.165) is 17.7 Å². The molecule has 3 heteroatoms. The summed E-state index contributed by atoms with van der Waals surface area (Å²) >= 11 is 0.